The number of hydroxylamine groups is 1. The minimum atomic E-state index is -0.585. The van der Waals surface area contributed by atoms with E-state index in [1.54, 1.807) is 0 Å². The van der Waals surface area contributed by atoms with Crippen molar-refractivity contribution < 1.29 is 18.4 Å². The maximum Gasteiger partial charge on any atom is 0.169 e. The fourth-order valence-electron chi connectivity index (χ4n) is 1.05. The molecule has 1 aromatic carbocycles. The Morgan fingerprint density at radius 3 is 2.57 bits per heavy atom. The van der Waals surface area contributed by atoms with Crippen LogP contribution < -0.4 is 10.2 Å². The zero-order chi connectivity index (χ0) is 10.6. The molecule has 3 nitrogen and oxygen atoms in total. The summed E-state index contributed by atoms with van der Waals surface area (Å²) in [5.41, 5.74) is 2.58. The molecule has 0 fully saturated rings. The van der Waals surface area contributed by atoms with Crippen LogP contribution in [0.3, 0.4) is 0 Å². The van der Waals surface area contributed by atoms with Gasteiger partial charge in [0.2, 0.25) is 0 Å². The summed E-state index contributed by atoms with van der Waals surface area (Å²) in [6.07, 6.45) is 0. The number of halogens is 2. The molecule has 0 heterocycles. The highest BCUT2D eigenvalue weighted by Crippen LogP contribution is 2.21. The van der Waals surface area contributed by atoms with Crippen LogP contribution in [0.4, 0.5) is 8.78 Å². The SMILES string of the molecule is CONCc1cc(F)cc(OC)c1F. The highest BCUT2D eigenvalue weighted by Gasteiger charge is 2.10. The molecule has 1 rings (SSSR count). The van der Waals surface area contributed by atoms with Crippen LogP contribution in [0, 0.1) is 11.6 Å². The summed E-state index contributed by atoms with van der Waals surface area (Å²) in [6.45, 7) is 0.0798. The van der Waals surface area contributed by atoms with Crippen molar-refractivity contribution in [3.63, 3.8) is 0 Å². The van der Waals surface area contributed by atoms with Gasteiger partial charge < -0.3 is 9.57 Å². The van der Waals surface area contributed by atoms with Gasteiger partial charge in [0.1, 0.15) is 5.82 Å². The summed E-state index contributed by atoms with van der Waals surface area (Å²) in [5.74, 6) is -1.24. The van der Waals surface area contributed by atoms with Crippen LogP contribution in [0.25, 0.3) is 0 Å². The lowest BCUT2D eigenvalue weighted by Gasteiger charge is -2.07. The largest absolute Gasteiger partial charge is 0.494 e. The van der Waals surface area contributed by atoms with Crippen molar-refractivity contribution in [1.29, 1.82) is 0 Å². The Bertz CT molecular complexity index is 318. The second-order valence-electron chi connectivity index (χ2n) is 2.61. The second kappa shape index (κ2) is 4.88. The summed E-state index contributed by atoms with van der Waals surface area (Å²) < 4.78 is 31.0. The quantitative estimate of drug-likeness (QED) is 0.754. The van der Waals surface area contributed by atoms with Crippen LogP contribution in [-0.2, 0) is 11.4 Å². The maximum atomic E-state index is 13.4. The predicted octanol–water partition coefficient (Wildman–Crippen LogP) is 1.62. The van der Waals surface area contributed by atoms with Gasteiger partial charge in [-0.1, -0.05) is 0 Å². The number of methoxy groups -OCH3 is 1. The third-order valence-corrected chi connectivity index (χ3v) is 1.71. The van der Waals surface area contributed by atoms with Crippen LogP contribution in [0.1, 0.15) is 5.56 Å². The van der Waals surface area contributed by atoms with E-state index in [0.717, 1.165) is 12.1 Å². The fraction of sp³-hybridized carbons (Fsp3) is 0.333. The van der Waals surface area contributed by atoms with E-state index in [2.05, 4.69) is 15.1 Å². The molecule has 0 aliphatic rings. The Labute approximate surface area is 80.6 Å². The molecule has 0 aliphatic heterocycles. The molecule has 0 amide bonds. The third kappa shape index (κ3) is 2.40. The van der Waals surface area contributed by atoms with Gasteiger partial charge in [-0.3, -0.25) is 0 Å². The van der Waals surface area contributed by atoms with Crippen LogP contribution >= 0.6 is 0 Å². The number of hydrogen-bond acceptors (Lipinski definition) is 3. The van der Waals surface area contributed by atoms with Crippen LogP contribution in [0.2, 0.25) is 0 Å². The minimum absolute atomic E-state index is 0.0798. The van der Waals surface area contributed by atoms with E-state index in [0.29, 0.717) is 0 Å². The molecule has 14 heavy (non-hydrogen) atoms. The molecule has 0 spiro atoms. The van der Waals surface area contributed by atoms with Crippen molar-refractivity contribution in [2.24, 2.45) is 0 Å². The van der Waals surface area contributed by atoms with Gasteiger partial charge in [-0.2, -0.15) is 5.48 Å². The van der Waals surface area contributed by atoms with E-state index < -0.39 is 11.6 Å². The van der Waals surface area contributed by atoms with E-state index in [9.17, 15) is 8.78 Å². The molecule has 0 atom stereocenters. The number of rotatable bonds is 4. The van der Waals surface area contributed by atoms with Crippen LogP contribution in [-0.4, -0.2) is 14.2 Å². The lowest BCUT2D eigenvalue weighted by molar-refractivity contribution is 0.0857. The van der Waals surface area contributed by atoms with E-state index in [1.165, 1.54) is 14.2 Å². The van der Waals surface area contributed by atoms with Gasteiger partial charge >= 0.3 is 0 Å². The number of ether oxygens (including phenoxy) is 1. The first-order chi connectivity index (χ1) is 6.69. The first-order valence-electron chi connectivity index (χ1n) is 3.96. The molecule has 1 N–H and O–H groups in total. The number of nitrogens with one attached hydrogen (secondary N) is 1. The Morgan fingerprint density at radius 1 is 1.29 bits per heavy atom. The van der Waals surface area contributed by atoms with Crippen molar-refractivity contribution in [3.8, 4) is 5.75 Å². The summed E-state index contributed by atoms with van der Waals surface area (Å²) in [5, 5.41) is 0. The van der Waals surface area contributed by atoms with Crippen molar-refractivity contribution in [2.45, 2.75) is 6.54 Å². The lowest BCUT2D eigenvalue weighted by Crippen LogP contribution is -2.12. The van der Waals surface area contributed by atoms with Crippen molar-refractivity contribution in [1.82, 2.24) is 5.48 Å². The molecular weight excluding hydrogens is 192 g/mol. The third-order valence-electron chi connectivity index (χ3n) is 1.71. The van der Waals surface area contributed by atoms with Gasteiger partial charge in [0.15, 0.2) is 11.6 Å². The molecule has 0 radical (unpaired) electrons. The summed E-state index contributed by atoms with van der Waals surface area (Å²) >= 11 is 0. The summed E-state index contributed by atoms with van der Waals surface area (Å²) in [6, 6.07) is 2.08. The predicted molar refractivity (Wildman–Crippen MR) is 46.8 cm³/mol. The average Bonchev–Trinajstić information content (AvgIpc) is 2.18. The smallest absolute Gasteiger partial charge is 0.169 e. The monoisotopic (exact) mass is 203 g/mol. The topological polar surface area (TPSA) is 30.5 Å². The Balaban J connectivity index is 2.96. The fourth-order valence-corrected chi connectivity index (χ4v) is 1.05. The van der Waals surface area contributed by atoms with E-state index in [4.69, 9.17) is 0 Å². The molecule has 0 saturated heterocycles. The van der Waals surface area contributed by atoms with E-state index in [1.807, 2.05) is 0 Å². The van der Waals surface area contributed by atoms with Crippen molar-refractivity contribution in [3.05, 3.63) is 29.3 Å². The molecule has 0 unspecified atom stereocenters. The van der Waals surface area contributed by atoms with Gasteiger partial charge in [0.05, 0.1) is 14.2 Å². The Kier molecular flexibility index (Phi) is 3.79. The molecule has 0 aromatic heterocycles. The zero-order valence-electron chi connectivity index (χ0n) is 7.93. The van der Waals surface area contributed by atoms with E-state index in [-0.39, 0.29) is 17.9 Å². The molecule has 0 saturated carbocycles. The molecule has 1 aromatic rings. The molecule has 0 bridgehead atoms. The average molecular weight is 203 g/mol. The second-order valence-corrected chi connectivity index (χ2v) is 2.61. The van der Waals surface area contributed by atoms with Crippen LogP contribution in [0.15, 0.2) is 12.1 Å². The van der Waals surface area contributed by atoms with Gasteiger partial charge in [-0.25, -0.2) is 8.78 Å². The molecule has 5 heteroatoms. The van der Waals surface area contributed by atoms with Crippen molar-refractivity contribution in [2.75, 3.05) is 14.2 Å². The molecule has 0 aliphatic carbocycles. The summed E-state index contributed by atoms with van der Waals surface area (Å²) in [4.78, 5) is 4.53. The standard InChI is InChI=1S/C9H11F2NO2/c1-13-8-4-7(10)3-6(9(8)11)5-12-14-2/h3-4,12H,5H2,1-2H3. The first-order valence-corrected chi connectivity index (χ1v) is 3.96. The van der Waals surface area contributed by atoms with Gasteiger partial charge in [0.25, 0.3) is 0 Å². The summed E-state index contributed by atoms with van der Waals surface area (Å²) in [7, 11) is 2.68. The lowest BCUT2D eigenvalue weighted by atomic mass is 10.2. The highest BCUT2D eigenvalue weighted by atomic mass is 19.1. The van der Waals surface area contributed by atoms with Gasteiger partial charge in [-0.05, 0) is 6.07 Å². The Morgan fingerprint density at radius 2 is 2.00 bits per heavy atom. The zero-order valence-corrected chi connectivity index (χ0v) is 7.93. The van der Waals surface area contributed by atoms with E-state index >= 15 is 0 Å². The number of hydrogen-bond donors (Lipinski definition) is 1. The first kappa shape index (κ1) is 10.9. The van der Waals surface area contributed by atoms with Gasteiger partial charge in [0, 0.05) is 18.2 Å². The number of benzene rings is 1. The molecule has 78 valence electrons. The normalized spacial score (nSPS) is 10.3. The Hall–Kier alpha value is -1.20. The maximum absolute atomic E-state index is 13.4. The van der Waals surface area contributed by atoms with Crippen molar-refractivity contribution >= 4 is 0 Å². The minimum Gasteiger partial charge on any atom is -0.494 e. The highest BCUT2D eigenvalue weighted by molar-refractivity contribution is 5.31. The van der Waals surface area contributed by atoms with Gasteiger partial charge in [-0.15, -0.1) is 0 Å². The van der Waals surface area contributed by atoms with Crippen LogP contribution in [0.5, 0.6) is 5.75 Å². The molecular formula is C9H11F2NO2.